The number of unbranched alkanes of at least 4 members (excludes halogenated alkanes) is 2. The van der Waals surface area contributed by atoms with Crippen LogP contribution >= 0.6 is 12.6 Å². The summed E-state index contributed by atoms with van der Waals surface area (Å²) in [6, 6.07) is 5.70. The first-order valence-electron chi connectivity index (χ1n) is 7.34. The maximum Gasteiger partial charge on any atom is 0.411 e. The Kier molecular flexibility index (Phi) is 7.52. The molecule has 1 aromatic rings. The third kappa shape index (κ3) is 5.87. The minimum atomic E-state index is -0.396. The van der Waals surface area contributed by atoms with Gasteiger partial charge in [0.2, 0.25) is 0 Å². The third-order valence-electron chi connectivity index (χ3n) is 3.25. The molecule has 3 nitrogen and oxygen atoms in total. The first-order chi connectivity index (χ1) is 9.56. The number of amides is 1. The second kappa shape index (κ2) is 8.90. The van der Waals surface area contributed by atoms with E-state index in [0.717, 1.165) is 29.7 Å². The van der Waals surface area contributed by atoms with Crippen molar-refractivity contribution in [3.63, 3.8) is 0 Å². The van der Waals surface area contributed by atoms with E-state index < -0.39 is 6.09 Å². The molecule has 0 fully saturated rings. The predicted molar refractivity (Wildman–Crippen MR) is 86.8 cm³/mol. The van der Waals surface area contributed by atoms with Gasteiger partial charge in [0.05, 0.1) is 5.69 Å². The van der Waals surface area contributed by atoms with Crippen LogP contribution in [0, 0.1) is 6.92 Å². The molecular formula is C16H25NO2S. The number of hydrogen-bond acceptors (Lipinski definition) is 3. The Morgan fingerprint density at radius 1 is 1.35 bits per heavy atom. The van der Waals surface area contributed by atoms with E-state index in [0.29, 0.717) is 5.69 Å². The minimum Gasteiger partial charge on any atom is -0.446 e. The smallest absolute Gasteiger partial charge is 0.411 e. The van der Waals surface area contributed by atoms with Gasteiger partial charge >= 0.3 is 6.09 Å². The van der Waals surface area contributed by atoms with Crippen molar-refractivity contribution >= 4 is 24.4 Å². The average Bonchev–Trinajstić information content (AvgIpc) is 2.41. The molecule has 20 heavy (non-hydrogen) atoms. The van der Waals surface area contributed by atoms with Crippen LogP contribution in [-0.2, 0) is 4.74 Å². The number of carbonyl (C=O) groups is 1. The fraction of sp³-hybridized carbons (Fsp3) is 0.562. The van der Waals surface area contributed by atoms with Crippen molar-refractivity contribution in [3.8, 4) is 0 Å². The molecule has 0 bridgehead atoms. The van der Waals surface area contributed by atoms with Crippen molar-refractivity contribution in [1.29, 1.82) is 0 Å². The van der Waals surface area contributed by atoms with E-state index in [1.165, 1.54) is 12.8 Å². The van der Waals surface area contributed by atoms with Crippen molar-refractivity contribution in [2.24, 2.45) is 0 Å². The molecule has 0 saturated carbocycles. The maximum absolute atomic E-state index is 11.9. The zero-order chi connectivity index (χ0) is 15.0. The number of anilines is 1. The normalized spacial score (nSPS) is 12.0. The average molecular weight is 295 g/mol. The number of carbonyl (C=O) groups excluding carboxylic acids is 1. The number of hydrogen-bond donors (Lipinski definition) is 2. The third-order valence-corrected chi connectivity index (χ3v) is 3.62. The quantitative estimate of drug-likeness (QED) is 0.536. The molecule has 0 aliphatic carbocycles. The van der Waals surface area contributed by atoms with Gasteiger partial charge < -0.3 is 4.74 Å². The van der Waals surface area contributed by atoms with E-state index in [2.05, 4.69) is 24.9 Å². The van der Waals surface area contributed by atoms with Gasteiger partial charge in [-0.15, -0.1) is 12.6 Å². The Hall–Kier alpha value is -1.16. The van der Waals surface area contributed by atoms with E-state index in [4.69, 9.17) is 4.74 Å². The molecule has 1 N–H and O–H groups in total. The lowest BCUT2D eigenvalue weighted by Gasteiger charge is -2.17. The largest absolute Gasteiger partial charge is 0.446 e. The van der Waals surface area contributed by atoms with Crippen molar-refractivity contribution in [3.05, 3.63) is 23.8 Å². The summed E-state index contributed by atoms with van der Waals surface area (Å²) in [5.41, 5.74) is 1.80. The molecule has 0 aliphatic rings. The van der Waals surface area contributed by atoms with Crippen LogP contribution in [0.25, 0.3) is 0 Å². The van der Waals surface area contributed by atoms with E-state index in [-0.39, 0.29) is 6.10 Å². The Labute approximate surface area is 127 Å². The molecule has 1 aromatic carbocycles. The summed E-state index contributed by atoms with van der Waals surface area (Å²) in [6.45, 7) is 6.20. The molecule has 0 spiro atoms. The molecule has 1 atom stereocenters. The molecule has 4 heteroatoms. The Morgan fingerprint density at radius 3 is 2.70 bits per heavy atom. The molecule has 0 aromatic heterocycles. The molecule has 0 heterocycles. The van der Waals surface area contributed by atoms with Crippen LogP contribution in [0.4, 0.5) is 10.5 Å². The van der Waals surface area contributed by atoms with Crippen LogP contribution in [0.5, 0.6) is 0 Å². The summed E-state index contributed by atoms with van der Waals surface area (Å²) in [4.78, 5) is 12.6. The van der Waals surface area contributed by atoms with Crippen LogP contribution in [0.1, 0.15) is 51.5 Å². The van der Waals surface area contributed by atoms with Gasteiger partial charge in [-0.3, -0.25) is 5.32 Å². The first kappa shape index (κ1) is 16.9. The van der Waals surface area contributed by atoms with Crippen LogP contribution in [0.15, 0.2) is 23.1 Å². The monoisotopic (exact) mass is 295 g/mol. The molecule has 1 rings (SSSR count). The Bertz CT molecular complexity index is 434. The van der Waals surface area contributed by atoms with Gasteiger partial charge in [0.25, 0.3) is 0 Å². The van der Waals surface area contributed by atoms with E-state index >= 15 is 0 Å². The van der Waals surface area contributed by atoms with Crippen LogP contribution in [0.3, 0.4) is 0 Å². The minimum absolute atomic E-state index is 0.00429. The van der Waals surface area contributed by atoms with Crippen molar-refractivity contribution < 1.29 is 9.53 Å². The number of rotatable bonds is 7. The number of ether oxygens (including phenoxy) is 1. The maximum atomic E-state index is 11.9. The summed E-state index contributed by atoms with van der Waals surface area (Å²) < 4.78 is 5.45. The van der Waals surface area contributed by atoms with Crippen LogP contribution in [-0.4, -0.2) is 12.2 Å². The lowest BCUT2D eigenvalue weighted by Crippen LogP contribution is -2.22. The highest BCUT2D eigenvalue weighted by atomic mass is 32.1. The SMILES string of the molecule is CCCCCC(CC)OC(=O)Nc1ccc(C)cc1S. The molecular weight excluding hydrogens is 270 g/mol. The predicted octanol–water partition coefficient (Wildman–Crippen LogP) is 5.19. The molecule has 0 radical (unpaired) electrons. The van der Waals surface area contributed by atoms with Crippen molar-refractivity contribution in [2.75, 3.05) is 5.32 Å². The van der Waals surface area contributed by atoms with Gasteiger partial charge in [-0.2, -0.15) is 0 Å². The van der Waals surface area contributed by atoms with Gasteiger partial charge in [0, 0.05) is 4.90 Å². The fourth-order valence-electron chi connectivity index (χ4n) is 2.01. The number of nitrogens with one attached hydrogen (secondary N) is 1. The highest BCUT2D eigenvalue weighted by molar-refractivity contribution is 7.80. The lowest BCUT2D eigenvalue weighted by molar-refractivity contribution is 0.101. The van der Waals surface area contributed by atoms with E-state index in [1.54, 1.807) is 0 Å². The van der Waals surface area contributed by atoms with Gasteiger partial charge in [0.1, 0.15) is 6.10 Å². The standard InChI is InChI=1S/C16H25NO2S/c1-4-6-7-8-13(5-2)19-16(18)17-14-10-9-12(3)11-15(14)20/h9-11,13,20H,4-8H2,1-3H3,(H,17,18). The zero-order valence-corrected chi connectivity index (χ0v) is 13.5. The van der Waals surface area contributed by atoms with Crippen molar-refractivity contribution in [1.82, 2.24) is 0 Å². The summed E-state index contributed by atoms with van der Waals surface area (Å²) in [5, 5.41) is 2.76. The molecule has 1 amide bonds. The molecule has 112 valence electrons. The highest BCUT2D eigenvalue weighted by Crippen LogP contribution is 2.21. The molecule has 0 saturated heterocycles. The second-order valence-corrected chi connectivity index (χ2v) is 5.56. The van der Waals surface area contributed by atoms with Crippen LogP contribution in [0.2, 0.25) is 0 Å². The number of thiol groups is 1. The number of aryl methyl sites for hydroxylation is 1. The van der Waals surface area contributed by atoms with Gasteiger partial charge in [0.15, 0.2) is 0 Å². The lowest BCUT2D eigenvalue weighted by atomic mass is 10.1. The summed E-state index contributed by atoms with van der Waals surface area (Å²) >= 11 is 4.35. The van der Waals surface area contributed by atoms with Crippen molar-refractivity contribution in [2.45, 2.75) is 63.9 Å². The summed E-state index contributed by atoms with van der Waals surface area (Å²) in [5.74, 6) is 0. The van der Waals surface area contributed by atoms with E-state index in [9.17, 15) is 4.79 Å². The zero-order valence-electron chi connectivity index (χ0n) is 12.6. The molecule has 1 unspecified atom stereocenters. The Morgan fingerprint density at radius 2 is 2.10 bits per heavy atom. The Balaban J connectivity index is 2.48. The fourth-order valence-corrected chi connectivity index (χ4v) is 2.34. The van der Waals surface area contributed by atoms with Gasteiger partial charge in [-0.05, 0) is 43.9 Å². The molecule has 0 aliphatic heterocycles. The van der Waals surface area contributed by atoms with Gasteiger partial charge in [-0.25, -0.2) is 4.79 Å². The van der Waals surface area contributed by atoms with E-state index in [1.807, 2.05) is 32.0 Å². The first-order valence-corrected chi connectivity index (χ1v) is 7.78. The van der Waals surface area contributed by atoms with Crippen LogP contribution < -0.4 is 5.32 Å². The number of benzene rings is 1. The second-order valence-electron chi connectivity index (χ2n) is 5.08. The summed E-state index contributed by atoms with van der Waals surface area (Å²) in [6.07, 6.45) is 4.83. The topological polar surface area (TPSA) is 38.3 Å². The highest BCUT2D eigenvalue weighted by Gasteiger charge is 2.13. The summed E-state index contributed by atoms with van der Waals surface area (Å²) in [7, 11) is 0. The van der Waals surface area contributed by atoms with Gasteiger partial charge in [-0.1, -0.05) is 32.8 Å².